The Morgan fingerprint density at radius 1 is 0.904 bits per heavy atom. The molecule has 3 aromatic rings. The number of ether oxygens (including phenoxy) is 3. The van der Waals surface area contributed by atoms with Crippen LogP contribution in [0.1, 0.15) is 56.2 Å². The molecule has 1 heterocycles. The zero-order valence-corrected chi connectivity index (χ0v) is 30.5. The Labute approximate surface area is 305 Å². The van der Waals surface area contributed by atoms with E-state index in [1.165, 1.54) is 7.05 Å². The zero-order chi connectivity index (χ0) is 37.3. The van der Waals surface area contributed by atoms with E-state index in [1.54, 1.807) is 29.2 Å². The third-order valence-corrected chi connectivity index (χ3v) is 10.2. The monoisotopic (exact) mass is 714 g/mol. The molecular weight excluding hydrogens is 664 g/mol. The second kappa shape index (κ2) is 17.4. The Balaban J connectivity index is 1.02. The number of amides is 3. The van der Waals surface area contributed by atoms with Crippen LogP contribution in [0.3, 0.4) is 0 Å². The van der Waals surface area contributed by atoms with Gasteiger partial charge in [-0.15, -0.1) is 0 Å². The number of esters is 1. The summed E-state index contributed by atoms with van der Waals surface area (Å²) >= 11 is 0. The highest BCUT2D eigenvalue weighted by Gasteiger charge is 2.32. The van der Waals surface area contributed by atoms with Crippen molar-refractivity contribution in [3.05, 3.63) is 89.5 Å². The van der Waals surface area contributed by atoms with E-state index in [0.29, 0.717) is 44.0 Å². The van der Waals surface area contributed by atoms with E-state index in [4.69, 9.17) is 14.2 Å². The molecule has 3 aromatic carbocycles. The summed E-state index contributed by atoms with van der Waals surface area (Å²) < 4.78 is 17.2. The van der Waals surface area contributed by atoms with Crippen molar-refractivity contribution in [3.63, 3.8) is 0 Å². The van der Waals surface area contributed by atoms with Gasteiger partial charge in [-0.1, -0.05) is 74.5 Å². The molecule has 278 valence electrons. The van der Waals surface area contributed by atoms with Gasteiger partial charge in [0.2, 0.25) is 0 Å². The molecule has 2 aliphatic rings. The second-order valence-electron chi connectivity index (χ2n) is 13.6. The molecule has 0 saturated carbocycles. The smallest absolute Gasteiger partial charge is 0.410 e. The summed E-state index contributed by atoms with van der Waals surface area (Å²) in [6, 6.07) is 21.7. The molecular formula is C40H50N4O8. The van der Waals surface area contributed by atoms with Crippen LogP contribution in [0.25, 0.3) is 11.1 Å². The molecule has 2 N–H and O–H groups in total. The predicted octanol–water partition coefficient (Wildman–Crippen LogP) is 5.39. The molecule has 12 heteroatoms. The number of piperazine rings is 1. The van der Waals surface area contributed by atoms with Crippen LogP contribution >= 0.6 is 0 Å². The lowest BCUT2D eigenvalue weighted by Crippen LogP contribution is -2.53. The third-order valence-electron chi connectivity index (χ3n) is 10.2. The van der Waals surface area contributed by atoms with E-state index in [9.17, 15) is 24.3 Å². The fourth-order valence-electron chi connectivity index (χ4n) is 6.59. The Kier molecular flexibility index (Phi) is 12.8. The minimum Gasteiger partial charge on any atom is -0.492 e. The van der Waals surface area contributed by atoms with Crippen molar-refractivity contribution in [1.82, 2.24) is 20.0 Å². The summed E-state index contributed by atoms with van der Waals surface area (Å²) in [4.78, 5) is 55.3. The molecule has 0 bridgehead atoms. The molecule has 1 atom stereocenters. The lowest BCUT2D eigenvalue weighted by molar-refractivity contribution is -0.160. The number of rotatable bonds is 15. The molecule has 1 aliphatic heterocycles. The van der Waals surface area contributed by atoms with Gasteiger partial charge in [0.05, 0.1) is 13.1 Å². The van der Waals surface area contributed by atoms with Crippen LogP contribution in [-0.4, -0.2) is 115 Å². The number of nitrogens with one attached hydrogen (secondary N) is 1. The number of benzene rings is 3. The number of carboxylic acid groups (broad SMARTS) is 1. The van der Waals surface area contributed by atoms with Crippen molar-refractivity contribution in [2.75, 3.05) is 59.5 Å². The number of carbonyl (C=O) groups is 4. The first-order valence-electron chi connectivity index (χ1n) is 18.0. The average Bonchev–Trinajstić information content (AvgIpc) is 3.48. The van der Waals surface area contributed by atoms with Gasteiger partial charge in [-0.05, 0) is 59.7 Å². The summed E-state index contributed by atoms with van der Waals surface area (Å²) in [5.74, 6) is -0.937. The second-order valence-corrected chi connectivity index (χ2v) is 13.6. The number of hydrogen-bond acceptors (Lipinski definition) is 8. The molecule has 1 aliphatic carbocycles. The van der Waals surface area contributed by atoms with Crippen molar-refractivity contribution in [2.45, 2.75) is 57.6 Å². The van der Waals surface area contributed by atoms with Gasteiger partial charge in [-0.25, -0.2) is 14.4 Å². The number of carbonyl (C=O) groups excluding carboxylic acids is 3. The van der Waals surface area contributed by atoms with E-state index in [0.717, 1.165) is 40.0 Å². The highest BCUT2D eigenvalue weighted by atomic mass is 16.6. The maximum absolute atomic E-state index is 13.1. The lowest BCUT2D eigenvalue weighted by Gasteiger charge is -2.35. The van der Waals surface area contributed by atoms with Crippen LogP contribution in [0.2, 0.25) is 0 Å². The van der Waals surface area contributed by atoms with Crippen LogP contribution in [0.5, 0.6) is 5.75 Å². The lowest BCUT2D eigenvalue weighted by atomic mass is 9.98. The van der Waals surface area contributed by atoms with Crippen LogP contribution in [0.4, 0.5) is 9.59 Å². The fourth-order valence-corrected chi connectivity index (χ4v) is 6.59. The van der Waals surface area contributed by atoms with Gasteiger partial charge in [0.1, 0.15) is 30.6 Å². The van der Waals surface area contributed by atoms with Gasteiger partial charge in [0, 0.05) is 45.6 Å². The topological polar surface area (TPSA) is 138 Å². The van der Waals surface area contributed by atoms with E-state index in [1.807, 2.05) is 62.1 Å². The number of aliphatic carboxylic acids is 1. The molecule has 3 amide bonds. The highest BCUT2D eigenvalue weighted by molar-refractivity contribution is 5.81. The molecule has 0 radical (unpaired) electrons. The van der Waals surface area contributed by atoms with Crippen molar-refractivity contribution in [1.29, 1.82) is 0 Å². The standard InChI is InChI=1S/C40H50N4O8/c1-5-40(3,6-2)52-36(45)26-43-20-22-44(23-21-43)38(48)41-19-24-50-29-17-15-28(16-18-29)25-35(37(46)47)42(4)39(49)51-27-34-32-13-9-7-11-30(32)31-12-8-10-14-33(31)34/h7-18,34-35H,5-6,19-27H2,1-4H3,(H,41,48)(H,46,47)/t35-/m1/s1. The van der Waals surface area contributed by atoms with E-state index in [2.05, 4.69) is 17.4 Å². The molecule has 5 rings (SSSR count). The number of fused-ring (bicyclic) bond motifs is 3. The molecule has 1 saturated heterocycles. The van der Waals surface area contributed by atoms with Crippen molar-refractivity contribution < 1.29 is 38.5 Å². The Morgan fingerprint density at radius 2 is 1.50 bits per heavy atom. The SMILES string of the molecule is CCC(C)(CC)OC(=O)CN1CCN(C(=O)NCCOc2ccc(C[C@H](C(=O)O)N(C)C(=O)OCC3c4ccccc4-c4ccccc43)cc2)CC1. The van der Waals surface area contributed by atoms with Gasteiger partial charge in [0.25, 0.3) is 0 Å². The molecule has 12 nitrogen and oxygen atoms in total. The Bertz CT molecular complexity index is 1660. The first kappa shape index (κ1) is 38.1. The summed E-state index contributed by atoms with van der Waals surface area (Å²) in [7, 11) is 1.44. The summed E-state index contributed by atoms with van der Waals surface area (Å²) in [5.41, 5.74) is 4.65. The third kappa shape index (κ3) is 9.41. The van der Waals surface area contributed by atoms with E-state index < -0.39 is 23.7 Å². The predicted molar refractivity (Wildman–Crippen MR) is 196 cm³/mol. The van der Waals surface area contributed by atoms with E-state index in [-0.39, 0.29) is 44.1 Å². The molecule has 1 fully saturated rings. The van der Waals surface area contributed by atoms with Gasteiger partial charge in [-0.3, -0.25) is 14.6 Å². The maximum atomic E-state index is 13.1. The number of urea groups is 1. The maximum Gasteiger partial charge on any atom is 0.410 e. The van der Waals surface area contributed by atoms with Crippen LogP contribution in [0, 0.1) is 0 Å². The first-order valence-corrected chi connectivity index (χ1v) is 18.0. The highest BCUT2D eigenvalue weighted by Crippen LogP contribution is 2.44. The molecule has 0 aromatic heterocycles. The van der Waals surface area contributed by atoms with Gasteiger partial charge >= 0.3 is 24.1 Å². The number of nitrogens with zero attached hydrogens (tertiary/aromatic N) is 3. The zero-order valence-electron chi connectivity index (χ0n) is 30.5. The molecule has 52 heavy (non-hydrogen) atoms. The molecule has 0 spiro atoms. The number of hydrogen-bond donors (Lipinski definition) is 2. The normalized spacial score (nSPS) is 14.9. The van der Waals surface area contributed by atoms with Gasteiger partial charge in [0.15, 0.2) is 0 Å². The number of carboxylic acids is 1. The van der Waals surface area contributed by atoms with Crippen LogP contribution in [0.15, 0.2) is 72.8 Å². The largest absolute Gasteiger partial charge is 0.492 e. The fraction of sp³-hybridized carbons (Fsp3) is 0.450. The Hall–Kier alpha value is -5.10. The number of likely N-dealkylation sites (N-methyl/N-ethyl adjacent to an activating group) is 1. The van der Waals surface area contributed by atoms with Gasteiger partial charge in [-0.2, -0.15) is 0 Å². The van der Waals surface area contributed by atoms with Crippen molar-refractivity contribution >= 4 is 24.1 Å². The van der Waals surface area contributed by atoms with Gasteiger partial charge < -0.3 is 29.5 Å². The Morgan fingerprint density at radius 3 is 2.08 bits per heavy atom. The van der Waals surface area contributed by atoms with Crippen LogP contribution in [-0.2, 0) is 25.5 Å². The summed E-state index contributed by atoms with van der Waals surface area (Å²) in [6.07, 6.45) is 0.899. The van der Waals surface area contributed by atoms with E-state index >= 15 is 0 Å². The first-order chi connectivity index (χ1) is 25.0. The summed E-state index contributed by atoms with van der Waals surface area (Å²) in [6.45, 7) is 9.00. The van der Waals surface area contributed by atoms with Crippen LogP contribution < -0.4 is 10.1 Å². The quantitative estimate of drug-likeness (QED) is 0.157. The van der Waals surface area contributed by atoms with Crippen molar-refractivity contribution in [3.8, 4) is 16.9 Å². The minimum atomic E-state index is -1.14. The minimum absolute atomic E-state index is 0.0810. The summed E-state index contributed by atoms with van der Waals surface area (Å²) in [5, 5.41) is 12.9. The van der Waals surface area contributed by atoms with Crippen molar-refractivity contribution in [2.24, 2.45) is 0 Å². The average molecular weight is 715 g/mol. The molecule has 0 unspecified atom stereocenters.